The zero-order valence-electron chi connectivity index (χ0n) is 17.8. The van der Waals surface area contributed by atoms with E-state index in [0.717, 1.165) is 6.42 Å². The number of anilines is 1. The summed E-state index contributed by atoms with van der Waals surface area (Å²) >= 11 is 0. The van der Waals surface area contributed by atoms with E-state index in [4.69, 9.17) is 4.74 Å². The van der Waals surface area contributed by atoms with E-state index in [1.807, 2.05) is 0 Å². The molecule has 0 aliphatic carbocycles. The molecule has 1 aromatic rings. The molecule has 10 heteroatoms. The maximum Gasteiger partial charge on any atom is 0.310 e. The molecular weight excluding hydrogens is 428 g/mol. The largest absolute Gasteiger partial charge is 0.466 e. The molecule has 2 aliphatic heterocycles. The predicted molar refractivity (Wildman–Crippen MR) is 114 cm³/mol. The summed E-state index contributed by atoms with van der Waals surface area (Å²) in [5.41, 5.74) is 1.51. The molecule has 0 unspecified atom stereocenters. The third kappa shape index (κ3) is 4.50. The zero-order valence-corrected chi connectivity index (χ0v) is 19.4. The quantitative estimate of drug-likeness (QED) is 0.627. The van der Waals surface area contributed by atoms with Crippen LogP contribution in [-0.4, -0.2) is 59.1 Å². The lowest BCUT2D eigenvalue weighted by atomic mass is 10.0. The lowest BCUT2D eigenvalue weighted by Crippen LogP contribution is -2.43. The van der Waals surface area contributed by atoms with E-state index in [0.29, 0.717) is 49.2 Å². The van der Waals surface area contributed by atoms with Gasteiger partial charge >= 0.3 is 5.97 Å². The molecule has 1 aromatic carbocycles. The SMILES string of the molecule is CCOC(=O)[C@H]1CCCN(S(=O)(=O)c2c(C)cc(N3CCCCS3(=O)=O)cc2C)C1. The molecule has 168 valence electrons. The van der Waals surface area contributed by atoms with E-state index in [-0.39, 0.29) is 29.8 Å². The van der Waals surface area contributed by atoms with Crippen LogP contribution in [0.15, 0.2) is 17.0 Å². The Morgan fingerprint density at radius 1 is 1.13 bits per heavy atom. The number of esters is 1. The minimum Gasteiger partial charge on any atom is -0.466 e. The van der Waals surface area contributed by atoms with E-state index in [1.165, 1.54) is 8.61 Å². The van der Waals surface area contributed by atoms with Crippen molar-refractivity contribution < 1.29 is 26.4 Å². The van der Waals surface area contributed by atoms with Crippen LogP contribution in [0, 0.1) is 19.8 Å². The normalized spacial score (nSPS) is 22.6. The van der Waals surface area contributed by atoms with E-state index >= 15 is 0 Å². The van der Waals surface area contributed by atoms with Gasteiger partial charge in [0.1, 0.15) is 0 Å². The number of benzene rings is 1. The van der Waals surface area contributed by atoms with E-state index < -0.39 is 26.0 Å². The van der Waals surface area contributed by atoms with E-state index in [2.05, 4.69) is 0 Å². The topological polar surface area (TPSA) is 101 Å². The second kappa shape index (κ2) is 8.84. The summed E-state index contributed by atoms with van der Waals surface area (Å²) in [5.74, 6) is -0.725. The van der Waals surface area contributed by atoms with E-state index in [1.54, 1.807) is 32.9 Å². The van der Waals surface area contributed by atoms with Crippen LogP contribution in [0.4, 0.5) is 5.69 Å². The molecule has 0 spiro atoms. The van der Waals surface area contributed by atoms with Gasteiger partial charge in [0.05, 0.1) is 28.9 Å². The number of piperidine rings is 1. The van der Waals surface area contributed by atoms with E-state index in [9.17, 15) is 21.6 Å². The van der Waals surface area contributed by atoms with Gasteiger partial charge in [-0.25, -0.2) is 16.8 Å². The van der Waals surface area contributed by atoms with Gasteiger partial charge in [-0.1, -0.05) is 0 Å². The summed E-state index contributed by atoms with van der Waals surface area (Å²) < 4.78 is 59.5. The minimum atomic E-state index is -3.82. The van der Waals surface area contributed by atoms with Crippen molar-refractivity contribution in [2.45, 2.75) is 51.3 Å². The molecule has 3 rings (SSSR count). The van der Waals surface area contributed by atoms with Crippen molar-refractivity contribution >= 4 is 31.7 Å². The van der Waals surface area contributed by atoms with Crippen LogP contribution in [0.1, 0.15) is 43.7 Å². The summed E-state index contributed by atoms with van der Waals surface area (Å²) in [5, 5.41) is 0. The number of carbonyl (C=O) groups is 1. The van der Waals surface area contributed by atoms with Crippen molar-refractivity contribution in [3.63, 3.8) is 0 Å². The third-order valence-corrected chi connectivity index (χ3v) is 9.73. The number of carbonyl (C=O) groups excluding carboxylic acids is 1. The number of rotatable bonds is 5. The maximum atomic E-state index is 13.4. The Morgan fingerprint density at radius 2 is 1.80 bits per heavy atom. The summed E-state index contributed by atoms with van der Waals surface area (Å²) in [6, 6.07) is 3.27. The third-order valence-electron chi connectivity index (χ3n) is 5.68. The molecule has 0 aromatic heterocycles. The number of hydrogen-bond acceptors (Lipinski definition) is 6. The van der Waals surface area contributed by atoms with Gasteiger partial charge in [-0.3, -0.25) is 9.10 Å². The van der Waals surface area contributed by atoms with Crippen LogP contribution in [0.5, 0.6) is 0 Å². The summed E-state index contributed by atoms with van der Waals surface area (Å²) in [4.78, 5) is 12.3. The average Bonchev–Trinajstić information content (AvgIpc) is 2.67. The van der Waals surface area contributed by atoms with Crippen LogP contribution in [-0.2, 0) is 29.6 Å². The van der Waals surface area contributed by atoms with Gasteiger partial charge < -0.3 is 4.74 Å². The Labute approximate surface area is 179 Å². The van der Waals surface area contributed by atoms with Crippen molar-refractivity contribution in [1.29, 1.82) is 0 Å². The van der Waals surface area contributed by atoms with Crippen molar-refractivity contribution in [3.8, 4) is 0 Å². The standard InChI is InChI=1S/C20H30N2O6S2/c1-4-28-20(23)17-8-7-9-21(14-17)30(26,27)19-15(2)12-18(13-16(19)3)22-10-5-6-11-29(22,24)25/h12-13,17H,4-11,14H2,1-3H3/t17-/m0/s1. The highest BCUT2D eigenvalue weighted by Crippen LogP contribution is 2.33. The fourth-order valence-corrected chi connectivity index (χ4v) is 7.86. The highest BCUT2D eigenvalue weighted by Gasteiger charge is 2.36. The molecule has 1 atom stereocenters. The first kappa shape index (κ1) is 23.0. The molecule has 2 aliphatic rings. The van der Waals surface area contributed by atoms with Gasteiger partial charge in [0.15, 0.2) is 0 Å². The Kier molecular flexibility index (Phi) is 6.78. The van der Waals surface area contributed by atoms with Crippen molar-refractivity contribution in [1.82, 2.24) is 4.31 Å². The molecule has 2 fully saturated rings. The summed E-state index contributed by atoms with van der Waals surface area (Å²) in [6.07, 6.45) is 2.61. The van der Waals surface area contributed by atoms with Crippen molar-refractivity contribution in [2.24, 2.45) is 5.92 Å². The van der Waals surface area contributed by atoms with Crippen LogP contribution < -0.4 is 4.31 Å². The highest BCUT2D eigenvalue weighted by molar-refractivity contribution is 7.92. The summed E-state index contributed by atoms with van der Waals surface area (Å²) in [6.45, 7) is 6.22. The number of aryl methyl sites for hydroxylation is 2. The molecule has 0 radical (unpaired) electrons. The molecule has 0 saturated carbocycles. The van der Waals surface area contributed by atoms with Crippen LogP contribution >= 0.6 is 0 Å². The second-order valence-corrected chi connectivity index (χ2v) is 11.8. The van der Waals surface area contributed by atoms with Crippen molar-refractivity contribution in [2.75, 3.05) is 36.3 Å². The van der Waals surface area contributed by atoms with Crippen LogP contribution in [0.25, 0.3) is 0 Å². The Hall–Kier alpha value is -1.65. The van der Waals surface area contributed by atoms with Gasteiger partial charge in [0, 0.05) is 19.6 Å². The Morgan fingerprint density at radius 3 is 2.40 bits per heavy atom. The molecule has 0 bridgehead atoms. The van der Waals surface area contributed by atoms with Gasteiger partial charge in [0.25, 0.3) is 0 Å². The summed E-state index contributed by atoms with van der Waals surface area (Å²) in [7, 11) is -7.20. The number of hydrogen-bond donors (Lipinski definition) is 0. The lowest BCUT2D eigenvalue weighted by molar-refractivity contribution is -0.149. The molecule has 2 heterocycles. The monoisotopic (exact) mass is 458 g/mol. The first-order valence-corrected chi connectivity index (χ1v) is 13.4. The van der Waals surface area contributed by atoms with Crippen LogP contribution in [0.3, 0.4) is 0 Å². The number of ether oxygens (including phenoxy) is 1. The number of sulfonamides is 2. The average molecular weight is 459 g/mol. The first-order chi connectivity index (χ1) is 14.1. The maximum absolute atomic E-state index is 13.4. The molecule has 2 saturated heterocycles. The number of nitrogens with zero attached hydrogens (tertiary/aromatic N) is 2. The smallest absolute Gasteiger partial charge is 0.310 e. The fraction of sp³-hybridized carbons (Fsp3) is 0.650. The Bertz CT molecular complexity index is 997. The first-order valence-electron chi connectivity index (χ1n) is 10.4. The van der Waals surface area contributed by atoms with Gasteiger partial charge in [-0.15, -0.1) is 0 Å². The minimum absolute atomic E-state index is 0.0995. The molecule has 30 heavy (non-hydrogen) atoms. The highest BCUT2D eigenvalue weighted by atomic mass is 32.2. The van der Waals surface area contributed by atoms with Gasteiger partial charge in [0.2, 0.25) is 20.0 Å². The van der Waals surface area contributed by atoms with Crippen LogP contribution in [0.2, 0.25) is 0 Å². The zero-order chi connectivity index (χ0) is 22.1. The Balaban J connectivity index is 1.92. The predicted octanol–water partition coefficient (Wildman–Crippen LogP) is 2.20. The van der Waals surface area contributed by atoms with Crippen molar-refractivity contribution in [3.05, 3.63) is 23.3 Å². The molecular formula is C20H30N2O6S2. The second-order valence-electron chi connectivity index (χ2n) is 7.96. The lowest BCUT2D eigenvalue weighted by Gasteiger charge is -2.32. The van der Waals surface area contributed by atoms with Gasteiger partial charge in [-0.2, -0.15) is 4.31 Å². The fourth-order valence-electron chi connectivity index (χ4n) is 4.30. The van der Waals surface area contributed by atoms with Gasteiger partial charge in [-0.05, 0) is 69.7 Å². The molecule has 0 N–H and O–H groups in total. The molecule has 8 nitrogen and oxygen atoms in total. The molecule has 0 amide bonds.